The van der Waals surface area contributed by atoms with Crippen LogP contribution in [0.5, 0.6) is 0 Å². The molecule has 1 aromatic carbocycles. The number of carbonyl (C=O) groups excluding carboxylic acids is 1. The van der Waals surface area contributed by atoms with Gasteiger partial charge in [0.05, 0.1) is 22.3 Å². The van der Waals surface area contributed by atoms with Crippen molar-refractivity contribution in [3.63, 3.8) is 0 Å². The molecule has 5 nitrogen and oxygen atoms in total. The fourth-order valence-corrected chi connectivity index (χ4v) is 4.01. The first-order valence-corrected chi connectivity index (χ1v) is 9.26. The Hall–Kier alpha value is -2.86. The molecule has 0 aliphatic rings. The van der Waals surface area contributed by atoms with Gasteiger partial charge in [0.25, 0.3) is 5.91 Å². The van der Waals surface area contributed by atoms with Crippen LogP contribution in [0.25, 0.3) is 15.9 Å². The molecule has 0 bridgehead atoms. The first-order valence-electron chi connectivity index (χ1n) is 8.44. The number of hydrogen-bond acceptors (Lipinski definition) is 4. The molecule has 3 heterocycles. The van der Waals surface area contributed by atoms with Gasteiger partial charge in [-0.25, -0.2) is 4.68 Å². The number of fused-ring (bicyclic) bond motifs is 1. The van der Waals surface area contributed by atoms with Crippen LogP contribution in [0.4, 0.5) is 0 Å². The van der Waals surface area contributed by atoms with Crippen LogP contribution in [0.1, 0.15) is 39.9 Å². The maximum atomic E-state index is 12.7. The number of furan rings is 1. The van der Waals surface area contributed by atoms with Crippen molar-refractivity contribution in [2.24, 2.45) is 0 Å². The molecular weight excluding hydrogens is 346 g/mol. The third kappa shape index (κ3) is 2.93. The van der Waals surface area contributed by atoms with E-state index in [1.165, 1.54) is 11.3 Å². The summed E-state index contributed by atoms with van der Waals surface area (Å²) in [5, 5.41) is 8.62. The van der Waals surface area contributed by atoms with Crippen molar-refractivity contribution >= 4 is 27.5 Å². The Morgan fingerprint density at radius 3 is 2.65 bits per heavy atom. The smallest absolute Gasteiger partial charge is 0.262 e. The highest BCUT2D eigenvalue weighted by Crippen LogP contribution is 2.30. The quantitative estimate of drug-likeness (QED) is 0.566. The highest BCUT2D eigenvalue weighted by Gasteiger charge is 2.19. The Bertz CT molecular complexity index is 1080. The van der Waals surface area contributed by atoms with Crippen LogP contribution < -0.4 is 5.32 Å². The molecule has 132 valence electrons. The lowest BCUT2D eigenvalue weighted by molar-refractivity contribution is 0.0939. The second-order valence-corrected chi connectivity index (χ2v) is 7.34. The first-order chi connectivity index (χ1) is 12.5. The van der Waals surface area contributed by atoms with E-state index in [0.29, 0.717) is 4.88 Å². The molecule has 0 fully saturated rings. The predicted molar refractivity (Wildman–Crippen MR) is 103 cm³/mol. The number of amides is 1. The van der Waals surface area contributed by atoms with E-state index in [-0.39, 0.29) is 11.9 Å². The van der Waals surface area contributed by atoms with E-state index in [0.717, 1.165) is 33.1 Å². The normalized spacial score (nSPS) is 12.4. The van der Waals surface area contributed by atoms with Gasteiger partial charge < -0.3 is 9.73 Å². The van der Waals surface area contributed by atoms with Crippen molar-refractivity contribution in [2.75, 3.05) is 0 Å². The monoisotopic (exact) mass is 365 g/mol. The van der Waals surface area contributed by atoms with Crippen molar-refractivity contribution in [1.82, 2.24) is 15.1 Å². The third-order valence-electron chi connectivity index (χ3n) is 4.30. The van der Waals surface area contributed by atoms with Crippen molar-refractivity contribution < 1.29 is 9.21 Å². The SMILES string of the molecule is Cc1ccc(C(C)NC(=O)c2cc3c(C)nn(-c4ccccc4)c3s2)o1. The summed E-state index contributed by atoms with van der Waals surface area (Å²) in [5.74, 6) is 1.48. The number of aryl methyl sites for hydroxylation is 2. The lowest BCUT2D eigenvalue weighted by Crippen LogP contribution is -2.25. The molecule has 0 radical (unpaired) electrons. The molecule has 3 aromatic heterocycles. The number of benzene rings is 1. The summed E-state index contributed by atoms with van der Waals surface area (Å²) in [5.41, 5.74) is 1.90. The topological polar surface area (TPSA) is 60.1 Å². The molecule has 4 rings (SSSR count). The number of aromatic nitrogens is 2. The molecule has 6 heteroatoms. The molecule has 1 N–H and O–H groups in total. The molecule has 4 aromatic rings. The van der Waals surface area contributed by atoms with E-state index < -0.39 is 0 Å². The van der Waals surface area contributed by atoms with Crippen molar-refractivity contribution in [2.45, 2.75) is 26.8 Å². The minimum absolute atomic E-state index is 0.105. The van der Waals surface area contributed by atoms with Gasteiger partial charge >= 0.3 is 0 Å². The van der Waals surface area contributed by atoms with Crippen molar-refractivity contribution in [3.05, 3.63) is 70.6 Å². The summed E-state index contributed by atoms with van der Waals surface area (Å²) in [7, 11) is 0. The Labute approximate surface area is 155 Å². The maximum absolute atomic E-state index is 12.7. The van der Waals surface area contributed by atoms with Gasteiger partial charge in [-0.1, -0.05) is 18.2 Å². The number of thiophene rings is 1. The Balaban J connectivity index is 1.64. The van der Waals surface area contributed by atoms with E-state index in [9.17, 15) is 4.79 Å². The summed E-state index contributed by atoms with van der Waals surface area (Å²) in [6.07, 6.45) is 0. The number of nitrogens with one attached hydrogen (secondary N) is 1. The van der Waals surface area contributed by atoms with E-state index in [1.54, 1.807) is 0 Å². The van der Waals surface area contributed by atoms with Gasteiger partial charge in [0.1, 0.15) is 16.4 Å². The maximum Gasteiger partial charge on any atom is 0.262 e. The fraction of sp³-hybridized carbons (Fsp3) is 0.200. The Morgan fingerprint density at radius 2 is 1.96 bits per heavy atom. The van der Waals surface area contributed by atoms with E-state index in [1.807, 2.05) is 74.0 Å². The van der Waals surface area contributed by atoms with Crippen LogP contribution in [-0.4, -0.2) is 15.7 Å². The lowest BCUT2D eigenvalue weighted by Gasteiger charge is -2.10. The molecule has 0 aliphatic carbocycles. The second kappa shape index (κ2) is 6.46. The average molecular weight is 365 g/mol. The van der Waals surface area contributed by atoms with Crippen LogP contribution in [0.3, 0.4) is 0 Å². The molecule has 0 aliphatic heterocycles. The van der Waals surface area contributed by atoms with Crippen LogP contribution in [0.15, 0.2) is 52.9 Å². The Kier molecular flexibility index (Phi) is 4.12. The highest BCUT2D eigenvalue weighted by atomic mass is 32.1. The van der Waals surface area contributed by atoms with Crippen LogP contribution >= 0.6 is 11.3 Å². The third-order valence-corrected chi connectivity index (χ3v) is 5.41. The van der Waals surface area contributed by atoms with Gasteiger partial charge in [0.15, 0.2) is 0 Å². The number of para-hydroxylation sites is 1. The zero-order chi connectivity index (χ0) is 18.3. The summed E-state index contributed by atoms with van der Waals surface area (Å²) in [6, 6.07) is 15.5. The summed E-state index contributed by atoms with van der Waals surface area (Å²) >= 11 is 1.45. The number of carbonyl (C=O) groups is 1. The summed E-state index contributed by atoms with van der Waals surface area (Å²) < 4.78 is 7.49. The van der Waals surface area contributed by atoms with Gasteiger partial charge in [-0.15, -0.1) is 11.3 Å². The number of nitrogens with zero attached hydrogens (tertiary/aromatic N) is 2. The predicted octanol–water partition coefficient (Wildman–Crippen LogP) is 4.79. The molecule has 1 amide bonds. The van der Waals surface area contributed by atoms with Gasteiger partial charge in [0, 0.05) is 5.39 Å². The van der Waals surface area contributed by atoms with Gasteiger partial charge in [0.2, 0.25) is 0 Å². The van der Waals surface area contributed by atoms with Crippen LogP contribution in [0.2, 0.25) is 0 Å². The van der Waals surface area contributed by atoms with Gasteiger partial charge in [-0.05, 0) is 51.1 Å². The number of rotatable bonds is 4. The molecule has 1 atom stereocenters. The molecule has 1 unspecified atom stereocenters. The Morgan fingerprint density at radius 1 is 1.19 bits per heavy atom. The van der Waals surface area contributed by atoms with E-state index in [4.69, 9.17) is 4.42 Å². The van der Waals surface area contributed by atoms with Crippen molar-refractivity contribution in [1.29, 1.82) is 0 Å². The summed E-state index contributed by atoms with van der Waals surface area (Å²) in [6.45, 7) is 5.77. The molecule has 0 spiro atoms. The van der Waals surface area contributed by atoms with Crippen LogP contribution in [-0.2, 0) is 0 Å². The minimum Gasteiger partial charge on any atom is -0.464 e. The summed E-state index contributed by atoms with van der Waals surface area (Å²) in [4.78, 5) is 14.3. The fourth-order valence-electron chi connectivity index (χ4n) is 2.93. The highest BCUT2D eigenvalue weighted by molar-refractivity contribution is 7.20. The average Bonchev–Trinajstić information content (AvgIpc) is 3.32. The van der Waals surface area contributed by atoms with E-state index >= 15 is 0 Å². The molecule has 0 saturated heterocycles. The standard InChI is InChI=1S/C20H19N3O2S/c1-12-9-10-17(25-12)14(3)21-19(24)18-11-16-13(2)22-23(20(16)26-18)15-7-5-4-6-8-15/h4-11,14H,1-3H3,(H,21,24). The molecule has 26 heavy (non-hydrogen) atoms. The zero-order valence-corrected chi connectivity index (χ0v) is 15.6. The van der Waals surface area contributed by atoms with Gasteiger partial charge in [-0.3, -0.25) is 4.79 Å². The molecule has 0 saturated carbocycles. The first kappa shape index (κ1) is 16.6. The minimum atomic E-state index is -0.187. The largest absolute Gasteiger partial charge is 0.464 e. The van der Waals surface area contributed by atoms with Crippen LogP contribution in [0, 0.1) is 13.8 Å². The number of hydrogen-bond donors (Lipinski definition) is 1. The van der Waals surface area contributed by atoms with Crippen molar-refractivity contribution in [3.8, 4) is 5.69 Å². The lowest BCUT2D eigenvalue weighted by atomic mass is 10.2. The second-order valence-electron chi connectivity index (χ2n) is 6.31. The zero-order valence-electron chi connectivity index (χ0n) is 14.8. The molecular formula is C20H19N3O2S. The van der Waals surface area contributed by atoms with E-state index in [2.05, 4.69) is 10.4 Å². The van der Waals surface area contributed by atoms with Gasteiger partial charge in [-0.2, -0.15) is 5.10 Å².